The van der Waals surface area contributed by atoms with Crippen LogP contribution >= 0.6 is 11.9 Å². The number of nitrogens with one attached hydrogen (secondary N) is 1. The third-order valence-electron chi connectivity index (χ3n) is 5.36. The van der Waals surface area contributed by atoms with E-state index < -0.39 is 11.7 Å². The van der Waals surface area contributed by atoms with Crippen molar-refractivity contribution in [2.24, 2.45) is 0 Å². The smallest absolute Gasteiger partial charge is 0.258 e. The van der Waals surface area contributed by atoms with Gasteiger partial charge in [0.05, 0.1) is 11.1 Å². The molecule has 4 aromatic rings. The Hall–Kier alpha value is -3.45. The molecule has 1 amide bonds. The van der Waals surface area contributed by atoms with E-state index in [1.54, 1.807) is 42.4 Å². The molecule has 32 heavy (non-hydrogen) atoms. The van der Waals surface area contributed by atoms with Gasteiger partial charge in [0.2, 0.25) is 0 Å². The molecule has 0 radical (unpaired) electrons. The van der Waals surface area contributed by atoms with Gasteiger partial charge in [0.15, 0.2) is 5.82 Å². The van der Waals surface area contributed by atoms with Crippen molar-refractivity contribution >= 4 is 40.1 Å². The van der Waals surface area contributed by atoms with Crippen molar-refractivity contribution in [3.8, 4) is 11.4 Å². The van der Waals surface area contributed by atoms with Gasteiger partial charge in [-0.25, -0.2) is 14.4 Å². The van der Waals surface area contributed by atoms with Gasteiger partial charge in [0.25, 0.3) is 5.91 Å². The molecule has 1 aromatic heterocycles. The molecule has 5 rings (SSSR count). The van der Waals surface area contributed by atoms with E-state index in [4.69, 9.17) is 0 Å². The summed E-state index contributed by atoms with van der Waals surface area (Å²) in [6.07, 6.45) is 4.04. The van der Waals surface area contributed by atoms with Crippen LogP contribution in [0.1, 0.15) is 23.2 Å². The van der Waals surface area contributed by atoms with Crippen molar-refractivity contribution in [3.05, 3.63) is 84.3 Å². The molecule has 0 atom stereocenters. The molecule has 0 bridgehead atoms. The topological polar surface area (TPSA) is 58.1 Å². The van der Waals surface area contributed by atoms with E-state index in [1.165, 1.54) is 12.5 Å². The van der Waals surface area contributed by atoms with Crippen LogP contribution in [0, 0.1) is 5.82 Å². The lowest BCUT2D eigenvalue weighted by Gasteiger charge is -2.27. The molecule has 1 aliphatic rings. The molecule has 0 aliphatic carbocycles. The highest BCUT2D eigenvalue weighted by molar-refractivity contribution is 8.00. The lowest BCUT2D eigenvalue weighted by molar-refractivity contribution is 0.102. The number of benzene rings is 3. The molecule has 0 spiro atoms. The monoisotopic (exact) mass is 444 g/mol. The van der Waals surface area contributed by atoms with Crippen molar-refractivity contribution in [3.63, 3.8) is 0 Å². The Labute approximate surface area is 189 Å². The first-order valence-corrected chi connectivity index (χ1v) is 11.5. The maximum absolute atomic E-state index is 14.7. The van der Waals surface area contributed by atoms with E-state index >= 15 is 0 Å². The summed E-state index contributed by atoms with van der Waals surface area (Å²) in [6, 6.07) is 19.8. The lowest BCUT2D eigenvalue weighted by Crippen LogP contribution is -2.21. The van der Waals surface area contributed by atoms with Crippen LogP contribution < -0.4 is 9.62 Å². The largest absolute Gasteiger partial charge is 0.322 e. The molecule has 7 heteroatoms. The maximum atomic E-state index is 14.7. The Balaban J connectivity index is 1.35. The normalized spacial score (nSPS) is 13.8. The van der Waals surface area contributed by atoms with Gasteiger partial charge in [0.1, 0.15) is 5.82 Å². The Bertz CT molecular complexity index is 1290. The summed E-state index contributed by atoms with van der Waals surface area (Å²) in [5.41, 5.74) is 2.98. The number of halogens is 1. The van der Waals surface area contributed by atoms with Crippen LogP contribution in [0.5, 0.6) is 0 Å². The molecule has 1 N–H and O–H groups in total. The minimum absolute atomic E-state index is 0.0168. The van der Waals surface area contributed by atoms with Gasteiger partial charge in [-0.1, -0.05) is 30.3 Å². The molecule has 1 saturated heterocycles. The molecule has 3 aromatic carbocycles. The fourth-order valence-electron chi connectivity index (χ4n) is 3.69. The minimum atomic E-state index is -0.528. The standard InChI is InChI=1S/C25H21FN4OS/c26-22-15-20(30-12-3-4-13-32-30)10-11-21(22)25(31)28-19-8-5-7-17(14-19)24-27-16-18-6-1-2-9-23(18)29-24/h1-2,5-11,14-16H,3-4,12-13H2,(H,28,31). The molecule has 0 unspecified atom stereocenters. The van der Waals surface area contributed by atoms with Gasteiger partial charge >= 0.3 is 0 Å². The summed E-state index contributed by atoms with van der Waals surface area (Å²) in [7, 11) is 0. The first-order valence-electron chi connectivity index (χ1n) is 10.5. The van der Waals surface area contributed by atoms with E-state index in [0.717, 1.165) is 40.9 Å². The average Bonchev–Trinajstić information content (AvgIpc) is 2.84. The number of fused-ring (bicyclic) bond motifs is 1. The molecule has 160 valence electrons. The zero-order valence-electron chi connectivity index (χ0n) is 17.3. The van der Waals surface area contributed by atoms with E-state index in [9.17, 15) is 9.18 Å². The highest BCUT2D eigenvalue weighted by atomic mass is 32.2. The molecular formula is C25H21FN4OS. The van der Waals surface area contributed by atoms with Crippen molar-refractivity contribution in [2.75, 3.05) is 21.9 Å². The van der Waals surface area contributed by atoms with Crippen molar-refractivity contribution in [2.45, 2.75) is 12.8 Å². The average molecular weight is 445 g/mol. The summed E-state index contributed by atoms with van der Waals surface area (Å²) >= 11 is 1.70. The third kappa shape index (κ3) is 4.29. The second-order valence-corrected chi connectivity index (χ2v) is 8.70. The van der Waals surface area contributed by atoms with Gasteiger partial charge < -0.3 is 9.62 Å². The van der Waals surface area contributed by atoms with Crippen LogP contribution in [-0.4, -0.2) is 28.2 Å². The number of carbonyl (C=O) groups excluding carboxylic acids is 1. The number of amides is 1. The van der Waals surface area contributed by atoms with Crippen molar-refractivity contribution in [1.82, 2.24) is 9.97 Å². The van der Waals surface area contributed by atoms with Gasteiger partial charge in [-0.3, -0.25) is 4.79 Å². The summed E-state index contributed by atoms with van der Waals surface area (Å²) in [5.74, 6) is 0.577. The SMILES string of the molecule is O=C(Nc1cccc(-c2ncc3ccccc3n2)c1)c1ccc(N2CCCCS2)cc1F. The predicted molar refractivity (Wildman–Crippen MR) is 128 cm³/mol. The summed E-state index contributed by atoms with van der Waals surface area (Å²) < 4.78 is 16.8. The fraction of sp³-hybridized carbons (Fsp3) is 0.160. The second-order valence-electron chi connectivity index (χ2n) is 7.59. The Kier molecular flexibility index (Phi) is 5.73. The number of aromatic nitrogens is 2. The molecule has 1 fully saturated rings. The first kappa shape index (κ1) is 20.5. The zero-order valence-corrected chi connectivity index (χ0v) is 18.1. The number of para-hydroxylation sites is 1. The molecular weight excluding hydrogens is 423 g/mol. The number of hydrogen-bond acceptors (Lipinski definition) is 5. The molecule has 2 heterocycles. The minimum Gasteiger partial charge on any atom is -0.322 e. The zero-order chi connectivity index (χ0) is 21.9. The van der Waals surface area contributed by atoms with Crippen molar-refractivity contribution < 1.29 is 9.18 Å². The summed E-state index contributed by atoms with van der Waals surface area (Å²) in [6.45, 7) is 0.888. The molecule has 1 aliphatic heterocycles. The van der Waals surface area contributed by atoms with E-state index in [1.807, 2.05) is 36.4 Å². The second kappa shape index (κ2) is 8.96. The van der Waals surface area contributed by atoms with Crippen LogP contribution in [0.2, 0.25) is 0 Å². The highest BCUT2D eigenvalue weighted by Crippen LogP contribution is 2.29. The number of rotatable bonds is 4. The Morgan fingerprint density at radius 1 is 1.03 bits per heavy atom. The van der Waals surface area contributed by atoms with Crippen LogP contribution in [0.25, 0.3) is 22.3 Å². The number of carbonyl (C=O) groups is 1. The molecule has 0 saturated carbocycles. The highest BCUT2D eigenvalue weighted by Gasteiger charge is 2.17. The Morgan fingerprint density at radius 3 is 2.78 bits per heavy atom. The Morgan fingerprint density at radius 2 is 1.94 bits per heavy atom. The maximum Gasteiger partial charge on any atom is 0.258 e. The van der Waals surface area contributed by atoms with Crippen LogP contribution in [-0.2, 0) is 0 Å². The van der Waals surface area contributed by atoms with E-state index in [2.05, 4.69) is 19.6 Å². The van der Waals surface area contributed by atoms with Crippen LogP contribution in [0.3, 0.4) is 0 Å². The molecule has 5 nitrogen and oxygen atoms in total. The predicted octanol–water partition coefficient (Wildman–Crippen LogP) is 5.94. The van der Waals surface area contributed by atoms with Gasteiger partial charge in [-0.05, 0) is 61.2 Å². The first-order chi connectivity index (χ1) is 15.7. The van der Waals surface area contributed by atoms with Gasteiger partial charge in [0, 0.05) is 40.8 Å². The van der Waals surface area contributed by atoms with Gasteiger partial charge in [-0.2, -0.15) is 0 Å². The third-order valence-corrected chi connectivity index (χ3v) is 6.53. The lowest BCUT2D eigenvalue weighted by atomic mass is 10.1. The van der Waals surface area contributed by atoms with E-state index in [0.29, 0.717) is 11.5 Å². The number of nitrogens with zero attached hydrogens (tertiary/aromatic N) is 3. The summed E-state index contributed by atoms with van der Waals surface area (Å²) in [5, 5.41) is 3.75. The van der Waals surface area contributed by atoms with Crippen LogP contribution in [0.4, 0.5) is 15.8 Å². The summed E-state index contributed by atoms with van der Waals surface area (Å²) in [4.78, 5) is 21.8. The van der Waals surface area contributed by atoms with Crippen LogP contribution in [0.15, 0.2) is 72.9 Å². The quantitative estimate of drug-likeness (QED) is 0.395. The van der Waals surface area contributed by atoms with Crippen molar-refractivity contribution in [1.29, 1.82) is 0 Å². The van der Waals surface area contributed by atoms with E-state index in [-0.39, 0.29) is 5.56 Å². The number of anilines is 2. The van der Waals surface area contributed by atoms with Gasteiger partial charge in [-0.15, -0.1) is 0 Å². The number of hydrogen-bond donors (Lipinski definition) is 1. The fourth-order valence-corrected chi connectivity index (χ4v) is 4.76.